The minimum absolute atomic E-state index is 0.152. The molecule has 1 aromatic carbocycles. The number of nitrogens with zero attached hydrogens (tertiary/aromatic N) is 4. The Labute approximate surface area is 159 Å². The van der Waals surface area contributed by atoms with Gasteiger partial charge in [0, 0.05) is 63.1 Å². The maximum atomic E-state index is 12.1. The average molecular weight is 363 g/mol. The van der Waals surface area contributed by atoms with Gasteiger partial charge < -0.3 is 4.90 Å². The number of rotatable bonds is 4. The van der Waals surface area contributed by atoms with Crippen molar-refractivity contribution >= 4 is 16.8 Å². The van der Waals surface area contributed by atoms with Gasteiger partial charge in [-0.05, 0) is 30.0 Å². The molecule has 1 aliphatic rings. The summed E-state index contributed by atoms with van der Waals surface area (Å²) in [5.41, 5.74) is 3.43. The number of carbonyl (C=O) groups is 1. The van der Waals surface area contributed by atoms with Crippen LogP contribution in [0.4, 0.5) is 0 Å². The summed E-state index contributed by atoms with van der Waals surface area (Å²) in [5, 5.41) is 8.26. The van der Waals surface area contributed by atoms with Crippen molar-refractivity contribution in [1.29, 1.82) is 0 Å². The van der Waals surface area contributed by atoms with E-state index in [2.05, 4.69) is 44.3 Å². The number of aromatic amines is 1. The van der Waals surface area contributed by atoms with Gasteiger partial charge in [-0.3, -0.25) is 19.8 Å². The van der Waals surface area contributed by atoms with E-state index >= 15 is 0 Å². The van der Waals surface area contributed by atoms with Gasteiger partial charge in [0.15, 0.2) is 0 Å². The van der Waals surface area contributed by atoms with Crippen LogP contribution in [0.1, 0.15) is 18.2 Å². The molecule has 1 fully saturated rings. The highest BCUT2D eigenvalue weighted by molar-refractivity contribution is 5.81. The summed E-state index contributed by atoms with van der Waals surface area (Å²) in [6.07, 6.45) is 4.55. The zero-order valence-corrected chi connectivity index (χ0v) is 15.6. The van der Waals surface area contributed by atoms with E-state index in [-0.39, 0.29) is 5.91 Å². The molecule has 1 aliphatic heterocycles. The quantitative estimate of drug-likeness (QED) is 0.773. The van der Waals surface area contributed by atoms with E-state index in [4.69, 9.17) is 0 Å². The van der Waals surface area contributed by atoms with Crippen LogP contribution in [0.15, 0.2) is 48.8 Å². The fraction of sp³-hybridized carbons (Fsp3) is 0.381. The summed E-state index contributed by atoms with van der Waals surface area (Å²) < 4.78 is 0. The van der Waals surface area contributed by atoms with Gasteiger partial charge in [-0.25, -0.2) is 0 Å². The minimum atomic E-state index is 0.152. The van der Waals surface area contributed by atoms with Crippen LogP contribution in [0.5, 0.6) is 0 Å². The van der Waals surface area contributed by atoms with Crippen LogP contribution in [0.25, 0.3) is 10.9 Å². The summed E-state index contributed by atoms with van der Waals surface area (Å²) in [4.78, 5) is 21.1. The molecule has 2 aromatic heterocycles. The topological polar surface area (TPSA) is 65.1 Å². The van der Waals surface area contributed by atoms with Crippen molar-refractivity contribution in [3.63, 3.8) is 0 Å². The zero-order valence-electron chi connectivity index (χ0n) is 15.6. The highest BCUT2D eigenvalue weighted by Crippen LogP contribution is 2.22. The molecule has 3 aromatic rings. The lowest BCUT2D eigenvalue weighted by Gasteiger charge is -2.24. The van der Waals surface area contributed by atoms with Crippen LogP contribution < -0.4 is 0 Å². The van der Waals surface area contributed by atoms with Crippen molar-refractivity contribution in [2.24, 2.45) is 5.92 Å². The molecular formula is C21H25N5O. The van der Waals surface area contributed by atoms with Gasteiger partial charge in [0.25, 0.3) is 0 Å². The van der Waals surface area contributed by atoms with Crippen molar-refractivity contribution in [2.45, 2.75) is 19.9 Å². The lowest BCUT2D eigenvalue weighted by molar-refractivity contribution is -0.129. The molecule has 140 valence electrons. The Morgan fingerprint density at radius 2 is 2.04 bits per heavy atom. The Balaban J connectivity index is 1.56. The minimum Gasteiger partial charge on any atom is -0.341 e. The van der Waals surface area contributed by atoms with E-state index in [9.17, 15) is 4.79 Å². The number of nitrogens with one attached hydrogen (secondary N) is 1. The molecule has 0 radical (unpaired) electrons. The smallest absolute Gasteiger partial charge is 0.219 e. The number of fused-ring (bicyclic) bond motifs is 1. The number of H-pyrrole nitrogens is 1. The Hall–Kier alpha value is -2.73. The first-order valence-corrected chi connectivity index (χ1v) is 9.48. The summed E-state index contributed by atoms with van der Waals surface area (Å²) >= 11 is 0. The number of carbonyl (C=O) groups excluding carboxylic acids is 1. The monoisotopic (exact) mass is 363 g/mol. The largest absolute Gasteiger partial charge is 0.341 e. The molecule has 6 heteroatoms. The van der Waals surface area contributed by atoms with Crippen molar-refractivity contribution < 1.29 is 4.79 Å². The normalized spacial score (nSPS) is 18.6. The zero-order chi connectivity index (χ0) is 18.6. The van der Waals surface area contributed by atoms with Gasteiger partial charge in [0.2, 0.25) is 5.91 Å². The van der Waals surface area contributed by atoms with E-state index in [1.165, 1.54) is 10.9 Å². The van der Waals surface area contributed by atoms with Crippen LogP contribution in [-0.2, 0) is 17.8 Å². The first-order valence-electron chi connectivity index (χ1n) is 9.48. The number of benzene rings is 1. The Morgan fingerprint density at radius 1 is 1.15 bits per heavy atom. The second-order valence-corrected chi connectivity index (χ2v) is 7.34. The molecular weight excluding hydrogens is 338 g/mol. The van der Waals surface area contributed by atoms with Crippen molar-refractivity contribution in [1.82, 2.24) is 25.0 Å². The molecule has 4 rings (SSSR count). The van der Waals surface area contributed by atoms with Crippen LogP contribution in [-0.4, -0.2) is 57.1 Å². The lowest BCUT2D eigenvalue weighted by atomic mass is 9.96. The van der Waals surface area contributed by atoms with Gasteiger partial charge in [0.05, 0.1) is 5.52 Å². The maximum absolute atomic E-state index is 12.1. The van der Waals surface area contributed by atoms with Crippen molar-refractivity contribution in [2.75, 3.05) is 26.2 Å². The number of hydrogen-bond donors (Lipinski definition) is 1. The Bertz CT molecular complexity index is 903. The van der Waals surface area contributed by atoms with Gasteiger partial charge in [-0.2, -0.15) is 5.10 Å². The van der Waals surface area contributed by atoms with Gasteiger partial charge in [-0.15, -0.1) is 0 Å². The third kappa shape index (κ3) is 4.17. The van der Waals surface area contributed by atoms with E-state index in [1.54, 1.807) is 13.1 Å². The van der Waals surface area contributed by atoms with E-state index in [0.717, 1.165) is 50.4 Å². The first-order chi connectivity index (χ1) is 13.2. The number of hydrogen-bond acceptors (Lipinski definition) is 4. The Kier molecular flexibility index (Phi) is 5.16. The fourth-order valence-electron chi connectivity index (χ4n) is 3.99. The molecule has 3 heterocycles. The molecule has 0 saturated carbocycles. The van der Waals surface area contributed by atoms with Crippen LogP contribution in [0.3, 0.4) is 0 Å². The van der Waals surface area contributed by atoms with Crippen molar-refractivity contribution in [3.05, 3.63) is 60.0 Å². The molecule has 1 amide bonds. The summed E-state index contributed by atoms with van der Waals surface area (Å²) in [5.74, 6) is 0.520. The van der Waals surface area contributed by atoms with Crippen LogP contribution >= 0.6 is 0 Å². The molecule has 1 atom stereocenters. The molecule has 6 nitrogen and oxygen atoms in total. The van der Waals surface area contributed by atoms with Crippen LogP contribution in [0, 0.1) is 5.92 Å². The predicted octanol–water partition coefficient (Wildman–Crippen LogP) is 2.48. The molecule has 1 N–H and O–H groups in total. The molecule has 0 aliphatic carbocycles. The summed E-state index contributed by atoms with van der Waals surface area (Å²) in [6, 6.07) is 12.5. The fourth-order valence-corrected chi connectivity index (χ4v) is 3.99. The molecule has 0 spiro atoms. The number of para-hydroxylation sites is 1. The molecule has 0 unspecified atom stereocenters. The number of pyridine rings is 1. The third-order valence-electron chi connectivity index (χ3n) is 5.30. The van der Waals surface area contributed by atoms with E-state index in [0.29, 0.717) is 5.92 Å². The van der Waals surface area contributed by atoms with Gasteiger partial charge in [-0.1, -0.05) is 24.3 Å². The third-order valence-corrected chi connectivity index (χ3v) is 5.30. The van der Waals surface area contributed by atoms with Crippen LogP contribution in [0.2, 0.25) is 0 Å². The van der Waals surface area contributed by atoms with Gasteiger partial charge >= 0.3 is 0 Å². The summed E-state index contributed by atoms with van der Waals surface area (Å²) in [7, 11) is 0. The number of amides is 1. The maximum Gasteiger partial charge on any atom is 0.219 e. The Morgan fingerprint density at radius 3 is 2.85 bits per heavy atom. The molecule has 0 bridgehead atoms. The SMILES string of the molecule is CC(=O)N1CCN(Cc2ccn[nH]2)C[C@H](Cc2cccc3cccnc23)C1. The highest BCUT2D eigenvalue weighted by atomic mass is 16.2. The van der Waals surface area contributed by atoms with Gasteiger partial charge in [0.1, 0.15) is 0 Å². The highest BCUT2D eigenvalue weighted by Gasteiger charge is 2.25. The average Bonchev–Trinajstić information content (AvgIpc) is 3.09. The lowest BCUT2D eigenvalue weighted by Crippen LogP contribution is -2.34. The second kappa shape index (κ2) is 7.88. The predicted molar refractivity (Wildman–Crippen MR) is 105 cm³/mol. The second-order valence-electron chi connectivity index (χ2n) is 7.34. The molecule has 27 heavy (non-hydrogen) atoms. The standard InChI is InChI=1S/C21H25N5O/c1-16(27)26-11-10-25(15-20-7-9-23-24-20)13-17(14-26)12-19-5-2-4-18-6-3-8-22-21(18)19/h2-9,17H,10-15H2,1H3,(H,23,24)/t17-/m0/s1. The number of aromatic nitrogens is 3. The first kappa shape index (κ1) is 17.7. The molecule has 1 saturated heterocycles. The summed E-state index contributed by atoms with van der Waals surface area (Å²) in [6.45, 7) is 5.89. The van der Waals surface area contributed by atoms with E-state index < -0.39 is 0 Å². The van der Waals surface area contributed by atoms with Crippen molar-refractivity contribution in [3.8, 4) is 0 Å². The van der Waals surface area contributed by atoms with E-state index in [1.807, 2.05) is 23.2 Å².